The van der Waals surface area contributed by atoms with Crippen molar-refractivity contribution in [2.45, 2.75) is 24.1 Å². The van der Waals surface area contributed by atoms with Crippen LogP contribution in [0, 0.1) is 0 Å². The Balaban J connectivity index is 2.47. The van der Waals surface area contributed by atoms with Crippen molar-refractivity contribution < 1.29 is 4.79 Å². The third-order valence-electron chi connectivity index (χ3n) is 3.26. The van der Waals surface area contributed by atoms with Gasteiger partial charge in [-0.05, 0) is 43.2 Å². The van der Waals surface area contributed by atoms with E-state index in [-0.39, 0.29) is 16.9 Å². The molecule has 112 valence electrons. The van der Waals surface area contributed by atoms with Crippen LogP contribution in [-0.4, -0.2) is 28.1 Å². The first-order valence-corrected chi connectivity index (χ1v) is 9.23. The highest BCUT2D eigenvalue weighted by Gasteiger charge is 2.19. The van der Waals surface area contributed by atoms with Crippen molar-refractivity contribution in [2.75, 3.05) is 12.5 Å². The zero-order chi connectivity index (χ0) is 15.4. The number of aryl methyl sites for hydroxylation is 1. The highest BCUT2D eigenvalue weighted by molar-refractivity contribution is 7.98. The summed E-state index contributed by atoms with van der Waals surface area (Å²) in [7, 11) is 0. The van der Waals surface area contributed by atoms with Crippen molar-refractivity contribution in [1.82, 2.24) is 9.78 Å². The molecule has 1 aromatic carbocycles. The van der Waals surface area contributed by atoms with Gasteiger partial charge in [-0.1, -0.05) is 0 Å². The number of aromatic nitrogens is 2. The molecule has 0 aliphatic rings. The Morgan fingerprint density at radius 2 is 2.05 bits per heavy atom. The average Bonchev–Trinajstić information content (AvgIpc) is 2.87. The van der Waals surface area contributed by atoms with E-state index >= 15 is 0 Å². The van der Waals surface area contributed by atoms with Crippen LogP contribution in [-0.2, 0) is 12.3 Å². The molecule has 0 fully saturated rings. The zero-order valence-electron chi connectivity index (χ0n) is 12.3. The minimum Gasteiger partial charge on any atom is -0.302 e. The van der Waals surface area contributed by atoms with Crippen molar-refractivity contribution in [3.8, 4) is 0 Å². The van der Waals surface area contributed by atoms with Crippen LogP contribution >= 0.6 is 23.5 Å². The highest BCUT2D eigenvalue weighted by Crippen LogP contribution is 2.23. The first-order chi connectivity index (χ1) is 10.1. The molecule has 2 rings (SSSR count). The Morgan fingerprint density at radius 3 is 2.62 bits per heavy atom. The molecular weight excluding hydrogens is 304 g/mol. The van der Waals surface area contributed by atoms with Gasteiger partial charge in [0.05, 0.1) is 0 Å². The summed E-state index contributed by atoms with van der Waals surface area (Å²) in [4.78, 5) is 25.9. The minimum atomic E-state index is -0.258. The smallest absolute Gasteiger partial charge is 0.277 e. The molecule has 0 radical (unpaired) electrons. The summed E-state index contributed by atoms with van der Waals surface area (Å²) in [6, 6.07) is 5.77. The van der Waals surface area contributed by atoms with Gasteiger partial charge in [0.1, 0.15) is 5.56 Å². The first kappa shape index (κ1) is 16.0. The van der Waals surface area contributed by atoms with Gasteiger partial charge in [-0.2, -0.15) is 11.8 Å². The monoisotopic (exact) mass is 322 g/mol. The van der Waals surface area contributed by atoms with Crippen molar-refractivity contribution >= 4 is 29.3 Å². The van der Waals surface area contributed by atoms with Gasteiger partial charge in [0.15, 0.2) is 5.78 Å². The van der Waals surface area contributed by atoms with Gasteiger partial charge in [0, 0.05) is 29.0 Å². The number of hydrogen-bond acceptors (Lipinski definition) is 4. The Hall–Kier alpha value is -1.40. The summed E-state index contributed by atoms with van der Waals surface area (Å²) in [5.74, 6) is 0.544. The maximum Gasteiger partial charge on any atom is 0.277 e. The predicted molar refractivity (Wildman–Crippen MR) is 89.6 cm³/mol. The van der Waals surface area contributed by atoms with Gasteiger partial charge in [-0.25, -0.2) is 0 Å². The van der Waals surface area contributed by atoms with E-state index < -0.39 is 0 Å². The fourth-order valence-electron chi connectivity index (χ4n) is 2.14. The van der Waals surface area contributed by atoms with E-state index in [0.717, 1.165) is 16.2 Å². The molecule has 0 atom stereocenters. The number of H-pyrrole nitrogens is 1. The summed E-state index contributed by atoms with van der Waals surface area (Å²) in [5.41, 5.74) is 1.53. The van der Waals surface area contributed by atoms with Crippen LogP contribution < -0.4 is 5.56 Å². The van der Waals surface area contributed by atoms with Gasteiger partial charge < -0.3 is 5.10 Å². The Morgan fingerprint density at radius 1 is 1.29 bits per heavy atom. The molecule has 6 heteroatoms. The Kier molecular flexibility index (Phi) is 5.36. The second kappa shape index (κ2) is 7.04. The lowest BCUT2D eigenvalue weighted by molar-refractivity contribution is 0.103. The summed E-state index contributed by atoms with van der Waals surface area (Å²) < 4.78 is 1.43. The molecule has 0 unspecified atom stereocenters. The molecule has 0 bridgehead atoms. The maximum atomic E-state index is 12.6. The molecular formula is C15H18N2O2S2. The fourth-order valence-corrected chi connectivity index (χ4v) is 3.16. The van der Waals surface area contributed by atoms with Gasteiger partial charge in [-0.3, -0.25) is 14.3 Å². The number of carbonyl (C=O) groups excluding carboxylic acids is 1. The van der Waals surface area contributed by atoms with Crippen molar-refractivity contribution in [1.29, 1.82) is 0 Å². The highest BCUT2D eigenvalue weighted by atomic mass is 32.2. The standard InChI is InChI=1S/C15H18N2O2S2/c1-4-17-15(19)13(8-16-17)14(18)12-6-5-11(21-3)7-10(12)9-20-2/h5-8,16H,4,9H2,1-3H3. The number of aromatic amines is 1. The van der Waals surface area contributed by atoms with Gasteiger partial charge in [0.2, 0.25) is 0 Å². The number of thioether (sulfide) groups is 2. The minimum absolute atomic E-state index is 0.205. The second-order valence-corrected chi connectivity index (χ2v) is 6.27. The summed E-state index contributed by atoms with van der Waals surface area (Å²) in [6.45, 7) is 2.38. The van der Waals surface area contributed by atoms with E-state index in [4.69, 9.17) is 0 Å². The van der Waals surface area contributed by atoms with Crippen molar-refractivity contribution in [3.05, 3.63) is 51.4 Å². The largest absolute Gasteiger partial charge is 0.302 e. The molecule has 4 nitrogen and oxygen atoms in total. The molecule has 0 saturated heterocycles. The number of hydrogen-bond donors (Lipinski definition) is 1. The van der Waals surface area contributed by atoms with E-state index in [0.29, 0.717) is 12.1 Å². The number of nitrogens with zero attached hydrogens (tertiary/aromatic N) is 1. The SMILES string of the molecule is CCn1[nH]cc(C(=O)c2ccc(SC)cc2CSC)c1=O. The molecule has 1 N–H and O–H groups in total. The molecule has 0 spiro atoms. The van der Waals surface area contributed by atoms with E-state index in [1.54, 1.807) is 23.5 Å². The van der Waals surface area contributed by atoms with Crippen LogP contribution in [0.15, 0.2) is 34.1 Å². The molecule has 1 heterocycles. The fraction of sp³-hybridized carbons (Fsp3) is 0.333. The summed E-state index contributed by atoms with van der Waals surface area (Å²) in [6.07, 6.45) is 5.51. The van der Waals surface area contributed by atoms with Crippen molar-refractivity contribution in [2.24, 2.45) is 0 Å². The molecule has 0 amide bonds. The maximum absolute atomic E-state index is 12.6. The number of ketones is 1. The number of nitrogens with one attached hydrogen (secondary N) is 1. The number of benzene rings is 1. The van der Waals surface area contributed by atoms with Gasteiger partial charge >= 0.3 is 0 Å². The normalized spacial score (nSPS) is 10.8. The number of carbonyl (C=O) groups is 1. The van der Waals surface area contributed by atoms with Crippen LogP contribution in [0.4, 0.5) is 0 Å². The van der Waals surface area contributed by atoms with Gasteiger partial charge in [-0.15, -0.1) is 11.8 Å². The van der Waals surface area contributed by atoms with E-state index in [2.05, 4.69) is 5.10 Å². The molecule has 0 aliphatic carbocycles. The topological polar surface area (TPSA) is 54.9 Å². The predicted octanol–water partition coefficient (Wildman–Crippen LogP) is 3.01. The Bertz CT molecular complexity index is 704. The average molecular weight is 322 g/mol. The van der Waals surface area contributed by atoms with Crippen LogP contribution in [0.3, 0.4) is 0 Å². The third-order valence-corrected chi connectivity index (χ3v) is 4.58. The molecule has 0 aliphatic heterocycles. The van der Waals surface area contributed by atoms with Crippen LogP contribution in [0.2, 0.25) is 0 Å². The van der Waals surface area contributed by atoms with Crippen LogP contribution in [0.25, 0.3) is 0 Å². The lowest BCUT2D eigenvalue weighted by Crippen LogP contribution is -2.21. The van der Waals surface area contributed by atoms with Crippen molar-refractivity contribution in [3.63, 3.8) is 0 Å². The van der Waals surface area contributed by atoms with Crippen LogP contribution in [0.5, 0.6) is 0 Å². The van der Waals surface area contributed by atoms with E-state index in [1.807, 2.05) is 37.6 Å². The molecule has 1 aromatic heterocycles. The zero-order valence-corrected chi connectivity index (χ0v) is 13.9. The first-order valence-electron chi connectivity index (χ1n) is 6.61. The number of rotatable bonds is 6. The lowest BCUT2D eigenvalue weighted by Gasteiger charge is -2.08. The second-order valence-electron chi connectivity index (χ2n) is 4.52. The molecule has 2 aromatic rings. The van der Waals surface area contributed by atoms with E-state index in [9.17, 15) is 9.59 Å². The molecule has 0 saturated carbocycles. The lowest BCUT2D eigenvalue weighted by atomic mass is 10.0. The van der Waals surface area contributed by atoms with Gasteiger partial charge in [0.25, 0.3) is 5.56 Å². The summed E-state index contributed by atoms with van der Waals surface area (Å²) in [5, 5.41) is 2.82. The summed E-state index contributed by atoms with van der Waals surface area (Å²) >= 11 is 3.31. The quantitative estimate of drug-likeness (QED) is 0.656. The van der Waals surface area contributed by atoms with E-state index in [1.165, 1.54) is 10.9 Å². The third kappa shape index (κ3) is 3.27. The van der Waals surface area contributed by atoms with Crippen LogP contribution in [0.1, 0.15) is 28.4 Å². The Labute approximate surface area is 132 Å². The molecule has 21 heavy (non-hydrogen) atoms.